The van der Waals surface area contributed by atoms with Crippen molar-refractivity contribution in [3.8, 4) is 0 Å². The molecule has 0 aliphatic carbocycles. The van der Waals surface area contributed by atoms with Gasteiger partial charge in [0.2, 0.25) is 0 Å². The van der Waals surface area contributed by atoms with Crippen LogP contribution in [-0.4, -0.2) is 66.0 Å². The van der Waals surface area contributed by atoms with Crippen LogP contribution in [0.4, 0.5) is 5.82 Å². The molecule has 4 heterocycles. The minimum Gasteiger partial charge on any atom is -0.387 e. The number of ether oxygens (including phenoxy) is 1. The largest absolute Gasteiger partial charge is 0.387 e. The van der Waals surface area contributed by atoms with E-state index >= 15 is 0 Å². The Morgan fingerprint density at radius 1 is 1.21 bits per heavy atom. The first-order chi connectivity index (χ1) is 13.6. The predicted octanol–water partition coefficient (Wildman–Crippen LogP) is -0.801. The number of amides is 1. The van der Waals surface area contributed by atoms with Crippen LogP contribution in [0.5, 0.6) is 0 Å². The smallest absolute Gasteiger partial charge is 0.251 e. The molecule has 1 fully saturated rings. The summed E-state index contributed by atoms with van der Waals surface area (Å²) < 4.78 is 7.05. The van der Waals surface area contributed by atoms with Crippen molar-refractivity contribution < 1.29 is 19.7 Å². The van der Waals surface area contributed by atoms with Gasteiger partial charge in [0.05, 0.1) is 18.6 Å². The predicted molar refractivity (Wildman–Crippen MR) is 96.9 cm³/mol. The molecule has 1 aliphatic heterocycles. The first kappa shape index (κ1) is 18.2. The zero-order valence-corrected chi connectivity index (χ0v) is 14.9. The fourth-order valence-electron chi connectivity index (χ4n) is 3.09. The van der Waals surface area contributed by atoms with Gasteiger partial charge >= 0.3 is 0 Å². The highest BCUT2D eigenvalue weighted by atomic mass is 16.6. The van der Waals surface area contributed by atoms with Crippen molar-refractivity contribution in [1.29, 1.82) is 0 Å². The summed E-state index contributed by atoms with van der Waals surface area (Å²) in [5.74, 6) is -0.0314. The Morgan fingerprint density at radius 2 is 2.07 bits per heavy atom. The molecule has 4 atom stereocenters. The van der Waals surface area contributed by atoms with Crippen LogP contribution < -0.4 is 10.6 Å². The molecule has 3 aromatic rings. The number of likely N-dealkylation sites (N-methyl/N-ethyl adjacent to an activating group) is 1. The Bertz CT molecular complexity index is 980. The number of aromatic nitrogens is 5. The van der Waals surface area contributed by atoms with Crippen molar-refractivity contribution in [1.82, 2.24) is 29.8 Å². The third kappa shape index (κ3) is 3.15. The third-order valence-electron chi connectivity index (χ3n) is 4.54. The molecule has 0 spiro atoms. The Morgan fingerprint density at radius 3 is 2.82 bits per heavy atom. The van der Waals surface area contributed by atoms with Gasteiger partial charge < -0.3 is 25.6 Å². The fourth-order valence-corrected chi connectivity index (χ4v) is 3.09. The quantitative estimate of drug-likeness (QED) is 0.443. The summed E-state index contributed by atoms with van der Waals surface area (Å²) in [7, 11) is 1.43. The number of fused-ring (bicyclic) bond motifs is 1. The number of nitrogens with zero attached hydrogens (tertiary/aromatic N) is 5. The minimum absolute atomic E-state index is 0.396. The van der Waals surface area contributed by atoms with E-state index in [0.29, 0.717) is 23.5 Å². The maximum Gasteiger partial charge on any atom is 0.251 e. The number of aliphatic hydroxyl groups excluding tert-OH is 2. The number of hydrogen-bond acceptors (Lipinski definition) is 9. The molecule has 0 radical (unpaired) electrons. The fraction of sp³-hybridized carbons (Fsp3) is 0.353. The Balaban J connectivity index is 1.60. The molecule has 1 unspecified atom stereocenters. The summed E-state index contributed by atoms with van der Waals surface area (Å²) in [5.41, 5.74) is 1.69. The van der Waals surface area contributed by atoms with E-state index in [4.69, 9.17) is 4.74 Å². The molecule has 146 valence electrons. The van der Waals surface area contributed by atoms with Crippen molar-refractivity contribution in [2.24, 2.45) is 0 Å². The van der Waals surface area contributed by atoms with E-state index in [1.165, 1.54) is 24.3 Å². The van der Waals surface area contributed by atoms with Gasteiger partial charge in [0, 0.05) is 13.2 Å². The van der Waals surface area contributed by atoms with Gasteiger partial charge in [-0.05, 0) is 12.1 Å². The molecule has 1 aliphatic rings. The average molecular weight is 385 g/mol. The lowest BCUT2D eigenvalue weighted by Crippen LogP contribution is -2.41. The molecule has 11 nitrogen and oxygen atoms in total. The lowest BCUT2D eigenvalue weighted by Gasteiger charge is -2.16. The summed E-state index contributed by atoms with van der Waals surface area (Å²) in [6.07, 6.45) is -0.403. The van der Waals surface area contributed by atoms with E-state index in [-0.39, 0.29) is 0 Å². The topological polar surface area (TPSA) is 147 Å². The number of hydrogen-bond donors (Lipinski definition) is 4. The van der Waals surface area contributed by atoms with Gasteiger partial charge in [0.25, 0.3) is 5.91 Å². The summed E-state index contributed by atoms with van der Waals surface area (Å²) in [4.78, 5) is 28.8. The summed E-state index contributed by atoms with van der Waals surface area (Å²) in [6, 6.07) is 5.61. The number of carbonyl (C=O) groups excluding carboxylic acids is 1. The number of nitrogens with one attached hydrogen (secondary N) is 2. The molecule has 0 bridgehead atoms. The molecule has 1 amide bonds. The highest BCUT2D eigenvalue weighted by Crippen LogP contribution is 2.32. The Labute approximate surface area is 159 Å². The molecule has 0 saturated carbocycles. The molecule has 11 heteroatoms. The van der Waals surface area contributed by atoms with Crippen LogP contribution in [0.2, 0.25) is 0 Å². The Hall–Kier alpha value is -3.15. The lowest BCUT2D eigenvalue weighted by atomic mass is 10.1. The maximum atomic E-state index is 11.8. The van der Waals surface area contributed by atoms with Crippen LogP contribution in [0.25, 0.3) is 11.2 Å². The van der Waals surface area contributed by atoms with Gasteiger partial charge in [-0.1, -0.05) is 6.07 Å². The van der Waals surface area contributed by atoms with Crippen molar-refractivity contribution in [2.75, 3.05) is 12.4 Å². The van der Waals surface area contributed by atoms with Crippen LogP contribution in [0, 0.1) is 0 Å². The Kier molecular flexibility index (Phi) is 4.86. The lowest BCUT2D eigenvalue weighted by molar-refractivity contribution is -0.137. The number of aliphatic hydroxyl groups is 2. The summed E-state index contributed by atoms with van der Waals surface area (Å²) in [5, 5.41) is 26.1. The van der Waals surface area contributed by atoms with E-state index < -0.39 is 30.4 Å². The zero-order valence-electron chi connectivity index (χ0n) is 14.9. The minimum atomic E-state index is -1.37. The van der Waals surface area contributed by atoms with Crippen molar-refractivity contribution in [3.63, 3.8) is 0 Å². The van der Waals surface area contributed by atoms with Crippen molar-refractivity contribution in [2.45, 2.75) is 31.1 Å². The first-order valence-corrected chi connectivity index (χ1v) is 8.64. The number of anilines is 1. The van der Waals surface area contributed by atoms with Gasteiger partial charge in [-0.15, -0.1) is 0 Å². The molecular weight excluding hydrogens is 366 g/mol. The van der Waals surface area contributed by atoms with Gasteiger partial charge in [-0.3, -0.25) is 14.3 Å². The number of imidazole rings is 1. The second kappa shape index (κ2) is 7.46. The van der Waals surface area contributed by atoms with Gasteiger partial charge in [0.15, 0.2) is 29.3 Å². The maximum absolute atomic E-state index is 11.8. The van der Waals surface area contributed by atoms with Gasteiger partial charge in [-0.25, -0.2) is 15.0 Å². The van der Waals surface area contributed by atoms with Crippen LogP contribution >= 0.6 is 0 Å². The van der Waals surface area contributed by atoms with Crippen molar-refractivity contribution >= 4 is 22.9 Å². The molecule has 28 heavy (non-hydrogen) atoms. The highest BCUT2D eigenvalue weighted by Gasteiger charge is 2.47. The zero-order chi connectivity index (χ0) is 19.7. The second-order valence-electron chi connectivity index (χ2n) is 6.26. The molecule has 4 rings (SSSR count). The number of carbonyl (C=O) groups is 1. The van der Waals surface area contributed by atoms with Crippen LogP contribution in [-0.2, 0) is 16.1 Å². The van der Waals surface area contributed by atoms with Crippen LogP contribution in [0.1, 0.15) is 11.9 Å². The van der Waals surface area contributed by atoms with Crippen LogP contribution in [0.3, 0.4) is 0 Å². The molecule has 3 aromatic heterocycles. The number of rotatable bonds is 5. The normalized spacial score (nSPS) is 24.4. The van der Waals surface area contributed by atoms with E-state index in [1.54, 1.807) is 6.20 Å². The van der Waals surface area contributed by atoms with E-state index in [2.05, 4.69) is 30.6 Å². The second-order valence-corrected chi connectivity index (χ2v) is 6.26. The van der Waals surface area contributed by atoms with Gasteiger partial charge in [0.1, 0.15) is 18.5 Å². The van der Waals surface area contributed by atoms with E-state index in [0.717, 1.165) is 5.69 Å². The standard InChI is InChI=1S/C17H19N7O4/c1-18-16(27)13-11(25)12(26)17(28-13)24-8-23-10-14(21-7-22-15(10)24)20-6-9-4-2-3-5-19-9/h2-5,7-8,11-13,17,25-26H,6H2,1H3,(H,18,27)(H,20,21,22)/t11?,12-,13-,17+/m0/s1. The highest BCUT2D eigenvalue weighted by molar-refractivity contribution is 5.83. The summed E-state index contributed by atoms with van der Waals surface area (Å²) >= 11 is 0. The molecular formula is C17H19N7O4. The molecule has 4 N–H and O–H groups in total. The van der Waals surface area contributed by atoms with E-state index in [9.17, 15) is 15.0 Å². The van der Waals surface area contributed by atoms with Gasteiger partial charge in [-0.2, -0.15) is 0 Å². The SMILES string of the molecule is CNC(=O)[C@H]1O[C@@H](n2cnc3c(NCc4ccccn4)ncnc32)[C@@H](O)C1O. The van der Waals surface area contributed by atoms with Crippen molar-refractivity contribution in [3.05, 3.63) is 42.7 Å². The summed E-state index contributed by atoms with van der Waals surface area (Å²) in [6.45, 7) is 0.444. The third-order valence-corrected chi connectivity index (χ3v) is 4.54. The molecule has 0 aromatic carbocycles. The number of pyridine rings is 1. The monoisotopic (exact) mass is 385 g/mol. The first-order valence-electron chi connectivity index (χ1n) is 8.64. The molecule has 1 saturated heterocycles. The van der Waals surface area contributed by atoms with Crippen LogP contribution in [0.15, 0.2) is 37.1 Å². The van der Waals surface area contributed by atoms with E-state index in [1.807, 2.05) is 18.2 Å². The average Bonchev–Trinajstić information content (AvgIpc) is 3.28.